The number of likely N-dealkylation sites (N-methyl/N-ethyl adjacent to an activating group) is 2. The fourth-order valence-electron chi connectivity index (χ4n) is 8.17. The number of aromatic nitrogens is 1. The summed E-state index contributed by atoms with van der Waals surface area (Å²) in [6, 6.07) is 7.83. The minimum absolute atomic E-state index is 0.00751. The predicted molar refractivity (Wildman–Crippen MR) is 218 cm³/mol. The Balaban J connectivity index is 1.79. The second-order valence-electron chi connectivity index (χ2n) is 16.1. The number of hydrogen-bond donors (Lipinski definition) is 2. The van der Waals surface area contributed by atoms with E-state index in [1.165, 1.54) is 11.3 Å². The summed E-state index contributed by atoms with van der Waals surface area (Å²) in [5.74, 6) is -1.35. The highest BCUT2D eigenvalue weighted by molar-refractivity contribution is 7.09. The largest absolute Gasteiger partial charge is 0.379 e. The molecule has 0 aliphatic carbocycles. The van der Waals surface area contributed by atoms with Crippen LogP contribution in [0.4, 0.5) is 0 Å². The fraction of sp³-hybridized carbons (Fsp3) is 0.690. The standard InChI is InChI=1S/C42H68N6O6S/c1-13-28(6)37(47(10)42(52)35(26(2)3)45-40(51)36(27(4)5)46(8)9)33(53-11)25-34(49)48-22-17-20-32(48)38(54-12)29(7)39(50)44-31(41-43-21-23-55-41)24-30-18-15-14-16-19-30/h14-16,18-19,21,23,26-29,31-33,35-38H,13,17,20,22,24-25H2,1-12H3,(H,44,50)(H,45,51)/t28-,29+,31-,32-,33?,35-,36-,37-,38+/m0/s1. The van der Waals surface area contributed by atoms with E-state index in [1.807, 2.05) is 94.2 Å². The van der Waals surface area contributed by atoms with Gasteiger partial charge in [-0.05, 0) is 56.7 Å². The topological polar surface area (TPSA) is 133 Å². The lowest BCUT2D eigenvalue weighted by atomic mass is 9.89. The van der Waals surface area contributed by atoms with E-state index in [2.05, 4.69) is 29.5 Å². The number of likely N-dealkylation sites (tertiary alicyclic amines) is 1. The molecule has 13 heteroatoms. The Kier molecular flexibility index (Phi) is 18.2. The number of carbonyl (C=O) groups excluding carboxylic acids is 4. The molecule has 2 N–H and O–H groups in total. The lowest BCUT2D eigenvalue weighted by molar-refractivity contribution is -0.148. The van der Waals surface area contributed by atoms with Crippen LogP contribution in [0.5, 0.6) is 0 Å². The van der Waals surface area contributed by atoms with Crippen molar-refractivity contribution in [1.82, 2.24) is 30.3 Å². The molecule has 2 heterocycles. The maximum absolute atomic E-state index is 14.3. The van der Waals surface area contributed by atoms with Crippen molar-refractivity contribution in [3.63, 3.8) is 0 Å². The van der Waals surface area contributed by atoms with E-state index in [0.717, 1.165) is 23.4 Å². The average molecular weight is 785 g/mol. The minimum Gasteiger partial charge on any atom is -0.379 e. The number of rotatable bonds is 21. The van der Waals surface area contributed by atoms with Crippen molar-refractivity contribution < 1.29 is 28.7 Å². The van der Waals surface area contributed by atoms with E-state index in [9.17, 15) is 19.2 Å². The third-order valence-electron chi connectivity index (χ3n) is 11.3. The molecular weight excluding hydrogens is 717 g/mol. The summed E-state index contributed by atoms with van der Waals surface area (Å²) >= 11 is 1.51. The molecule has 308 valence electrons. The fourth-order valence-corrected chi connectivity index (χ4v) is 8.86. The van der Waals surface area contributed by atoms with Crippen LogP contribution in [0, 0.1) is 23.7 Å². The van der Waals surface area contributed by atoms with Crippen LogP contribution in [0.25, 0.3) is 0 Å². The minimum atomic E-state index is -0.751. The summed E-state index contributed by atoms with van der Waals surface area (Å²) in [7, 11) is 8.66. The summed E-state index contributed by atoms with van der Waals surface area (Å²) < 4.78 is 12.1. The number of nitrogens with one attached hydrogen (secondary N) is 2. The molecule has 1 aliphatic heterocycles. The first kappa shape index (κ1) is 46.0. The molecule has 1 aromatic carbocycles. The summed E-state index contributed by atoms with van der Waals surface area (Å²) in [5.41, 5.74) is 1.09. The summed E-state index contributed by atoms with van der Waals surface area (Å²) in [6.45, 7) is 14.3. The number of ether oxygens (including phenoxy) is 2. The Bertz CT molecular complexity index is 1480. The van der Waals surface area contributed by atoms with Gasteiger partial charge in [0.15, 0.2) is 0 Å². The van der Waals surface area contributed by atoms with Gasteiger partial charge >= 0.3 is 0 Å². The number of hydrogen-bond acceptors (Lipinski definition) is 9. The van der Waals surface area contributed by atoms with Gasteiger partial charge in [-0.3, -0.25) is 24.1 Å². The molecule has 1 unspecified atom stereocenters. The molecule has 4 amide bonds. The zero-order valence-corrected chi connectivity index (χ0v) is 36.1. The van der Waals surface area contributed by atoms with Crippen molar-refractivity contribution in [1.29, 1.82) is 0 Å². The zero-order chi connectivity index (χ0) is 41.0. The number of amides is 4. The van der Waals surface area contributed by atoms with Gasteiger partial charge in [0.2, 0.25) is 23.6 Å². The van der Waals surface area contributed by atoms with Crippen molar-refractivity contribution in [3.05, 3.63) is 52.5 Å². The van der Waals surface area contributed by atoms with Crippen molar-refractivity contribution in [2.75, 3.05) is 41.9 Å². The lowest BCUT2D eigenvalue weighted by Crippen LogP contribution is -2.59. The van der Waals surface area contributed by atoms with Gasteiger partial charge in [0.05, 0.1) is 48.7 Å². The van der Waals surface area contributed by atoms with Gasteiger partial charge in [0, 0.05) is 39.4 Å². The van der Waals surface area contributed by atoms with Crippen LogP contribution < -0.4 is 10.6 Å². The van der Waals surface area contributed by atoms with E-state index in [4.69, 9.17) is 9.47 Å². The normalized spacial score (nSPS) is 19.0. The molecule has 55 heavy (non-hydrogen) atoms. The van der Waals surface area contributed by atoms with Gasteiger partial charge < -0.3 is 29.9 Å². The third kappa shape index (κ3) is 12.1. The van der Waals surface area contributed by atoms with Crippen molar-refractivity contribution in [2.24, 2.45) is 23.7 Å². The van der Waals surface area contributed by atoms with E-state index in [-0.39, 0.29) is 65.9 Å². The SMILES string of the molecule is CC[C@H](C)[C@@H](C(CC(=O)N1CCC[C@H]1[C@H](OC)[C@@H](C)C(=O)N[C@@H](Cc1ccccc1)c1nccs1)OC)N(C)C(=O)[C@@H](NC(=O)[C@H](C(C)C)N(C)C)C(C)C. The summed E-state index contributed by atoms with van der Waals surface area (Å²) in [4.78, 5) is 65.8. The predicted octanol–water partition coefficient (Wildman–Crippen LogP) is 5.19. The Hall–Kier alpha value is -3.39. The maximum atomic E-state index is 14.3. The molecule has 1 aromatic heterocycles. The monoisotopic (exact) mass is 784 g/mol. The number of carbonyl (C=O) groups is 4. The lowest BCUT2D eigenvalue weighted by Gasteiger charge is -2.41. The molecule has 1 saturated heterocycles. The Morgan fingerprint density at radius 1 is 0.945 bits per heavy atom. The molecule has 0 radical (unpaired) electrons. The van der Waals surface area contributed by atoms with E-state index < -0.39 is 30.2 Å². The second-order valence-corrected chi connectivity index (χ2v) is 17.0. The van der Waals surface area contributed by atoms with Gasteiger partial charge in [0.1, 0.15) is 11.0 Å². The first-order valence-corrected chi connectivity index (χ1v) is 20.8. The highest BCUT2D eigenvalue weighted by Gasteiger charge is 2.43. The molecule has 0 saturated carbocycles. The van der Waals surface area contributed by atoms with E-state index >= 15 is 0 Å². The van der Waals surface area contributed by atoms with Crippen LogP contribution in [0.1, 0.15) is 90.8 Å². The molecule has 0 bridgehead atoms. The van der Waals surface area contributed by atoms with Crippen LogP contribution >= 0.6 is 11.3 Å². The average Bonchev–Trinajstić information content (AvgIpc) is 3.87. The number of methoxy groups -OCH3 is 2. The van der Waals surface area contributed by atoms with E-state index in [0.29, 0.717) is 19.4 Å². The number of nitrogens with zero attached hydrogens (tertiary/aromatic N) is 4. The third-order valence-corrected chi connectivity index (χ3v) is 12.2. The van der Waals surface area contributed by atoms with Crippen LogP contribution in [-0.4, -0.2) is 122 Å². The van der Waals surface area contributed by atoms with Crippen LogP contribution in [0.3, 0.4) is 0 Å². The van der Waals surface area contributed by atoms with Crippen molar-refractivity contribution in [3.8, 4) is 0 Å². The smallest absolute Gasteiger partial charge is 0.245 e. The summed E-state index contributed by atoms with van der Waals surface area (Å²) in [5, 5.41) is 9.02. The molecule has 0 spiro atoms. The van der Waals surface area contributed by atoms with Crippen LogP contribution in [0.15, 0.2) is 41.9 Å². The molecule has 2 aromatic rings. The molecule has 1 fully saturated rings. The first-order chi connectivity index (χ1) is 26.1. The van der Waals surface area contributed by atoms with Gasteiger partial charge in [-0.1, -0.05) is 85.2 Å². The van der Waals surface area contributed by atoms with Gasteiger partial charge in [0.25, 0.3) is 0 Å². The highest BCUT2D eigenvalue weighted by atomic mass is 32.1. The molecule has 9 atom stereocenters. The van der Waals surface area contributed by atoms with Crippen LogP contribution in [-0.2, 0) is 35.1 Å². The maximum Gasteiger partial charge on any atom is 0.245 e. The molecule has 1 aliphatic rings. The molecular formula is C42H68N6O6S. The van der Waals surface area contributed by atoms with Gasteiger partial charge in [-0.15, -0.1) is 11.3 Å². The quantitative estimate of drug-likeness (QED) is 0.177. The van der Waals surface area contributed by atoms with Gasteiger partial charge in [-0.2, -0.15) is 0 Å². The molecule has 3 rings (SSSR count). The van der Waals surface area contributed by atoms with Gasteiger partial charge in [-0.25, -0.2) is 4.98 Å². The molecule has 12 nitrogen and oxygen atoms in total. The number of thiazole rings is 1. The Morgan fingerprint density at radius 3 is 2.15 bits per heavy atom. The highest BCUT2D eigenvalue weighted by Crippen LogP contribution is 2.30. The van der Waals surface area contributed by atoms with Crippen molar-refractivity contribution >= 4 is 35.0 Å². The number of benzene rings is 1. The second kappa shape index (κ2) is 21.8. The first-order valence-electron chi connectivity index (χ1n) is 19.9. The summed E-state index contributed by atoms with van der Waals surface area (Å²) in [6.07, 6.45) is 3.49. The Labute approximate surface area is 334 Å². The van der Waals surface area contributed by atoms with Crippen molar-refractivity contribution in [2.45, 2.75) is 123 Å². The Morgan fingerprint density at radius 2 is 1.62 bits per heavy atom. The zero-order valence-electron chi connectivity index (χ0n) is 35.3. The van der Waals surface area contributed by atoms with E-state index in [1.54, 1.807) is 32.4 Å². The van der Waals surface area contributed by atoms with Crippen LogP contribution in [0.2, 0.25) is 0 Å².